The van der Waals surface area contributed by atoms with Gasteiger partial charge in [0.15, 0.2) is 0 Å². The molecule has 3 aromatic rings. The highest BCUT2D eigenvalue weighted by Crippen LogP contribution is 2.37. The van der Waals surface area contributed by atoms with Crippen molar-refractivity contribution in [2.45, 2.75) is 32.0 Å². The Labute approximate surface area is 174 Å². The molecule has 1 fully saturated rings. The summed E-state index contributed by atoms with van der Waals surface area (Å²) >= 11 is 0. The Kier molecular flexibility index (Phi) is 5.86. The van der Waals surface area contributed by atoms with Crippen molar-refractivity contribution in [2.75, 3.05) is 18.5 Å². The van der Waals surface area contributed by atoms with Gasteiger partial charge in [-0.1, -0.05) is 67.6 Å². The molecule has 1 saturated heterocycles. The maximum Gasteiger partial charge on any atom is 0.115 e. The zero-order chi connectivity index (χ0) is 20.2. The molecule has 3 heteroatoms. The number of phenols is 1. The lowest BCUT2D eigenvalue weighted by Gasteiger charge is -2.47. The van der Waals surface area contributed by atoms with Crippen LogP contribution in [0.5, 0.6) is 5.75 Å². The lowest BCUT2D eigenvalue weighted by molar-refractivity contribution is 0.0892. The minimum atomic E-state index is 0.324. The number of likely N-dealkylation sites (tertiary alicyclic amines) is 1. The zero-order valence-electron chi connectivity index (χ0n) is 17.3. The molecule has 1 N–H and O–H groups in total. The van der Waals surface area contributed by atoms with Gasteiger partial charge in [0.2, 0.25) is 0 Å². The first-order chi connectivity index (χ1) is 14.1. The number of anilines is 1. The number of piperidine rings is 1. The average molecular weight is 387 g/mol. The first-order valence-electron chi connectivity index (χ1n) is 10.5. The summed E-state index contributed by atoms with van der Waals surface area (Å²) in [6.45, 7) is 4.31. The smallest absolute Gasteiger partial charge is 0.115 e. The van der Waals surface area contributed by atoms with Crippen LogP contribution in [0.1, 0.15) is 30.5 Å². The van der Waals surface area contributed by atoms with E-state index in [1.54, 1.807) is 12.1 Å². The second-order valence-electron chi connectivity index (χ2n) is 8.25. The molecule has 3 nitrogen and oxygen atoms in total. The van der Waals surface area contributed by atoms with E-state index in [1.165, 1.54) is 16.8 Å². The van der Waals surface area contributed by atoms with Gasteiger partial charge in [0, 0.05) is 37.9 Å². The summed E-state index contributed by atoms with van der Waals surface area (Å²) in [4.78, 5) is 5.06. The zero-order valence-corrected chi connectivity index (χ0v) is 17.3. The molecule has 3 atom stereocenters. The molecule has 1 aliphatic rings. The highest BCUT2D eigenvalue weighted by molar-refractivity contribution is 5.46. The van der Waals surface area contributed by atoms with Crippen molar-refractivity contribution in [3.05, 3.63) is 96.1 Å². The van der Waals surface area contributed by atoms with Crippen LogP contribution in [0.4, 0.5) is 5.69 Å². The van der Waals surface area contributed by atoms with E-state index in [0.717, 1.165) is 19.5 Å². The van der Waals surface area contributed by atoms with Crippen molar-refractivity contribution in [3.8, 4) is 5.75 Å². The molecule has 3 aromatic carbocycles. The molecule has 150 valence electrons. The summed E-state index contributed by atoms with van der Waals surface area (Å²) in [6, 6.07) is 30.1. The predicted molar refractivity (Wildman–Crippen MR) is 120 cm³/mol. The SMILES string of the molecule is C[C@H]1CN(Cc2ccc(O)cc2)[C@H](c2ccccc2)C[C@H]1N(C)c1ccccc1. The van der Waals surface area contributed by atoms with Gasteiger partial charge in [-0.2, -0.15) is 0 Å². The lowest BCUT2D eigenvalue weighted by atomic mass is 9.84. The van der Waals surface area contributed by atoms with E-state index < -0.39 is 0 Å². The van der Waals surface area contributed by atoms with Crippen molar-refractivity contribution < 1.29 is 5.11 Å². The fourth-order valence-electron chi connectivity index (χ4n) is 4.66. The Morgan fingerprint density at radius 2 is 1.52 bits per heavy atom. The molecule has 0 aliphatic carbocycles. The van der Waals surface area contributed by atoms with E-state index in [9.17, 15) is 5.11 Å². The van der Waals surface area contributed by atoms with Crippen LogP contribution >= 0.6 is 0 Å². The minimum Gasteiger partial charge on any atom is -0.508 e. The van der Waals surface area contributed by atoms with Crippen LogP contribution in [0.15, 0.2) is 84.9 Å². The fraction of sp³-hybridized carbons (Fsp3) is 0.308. The maximum atomic E-state index is 9.62. The van der Waals surface area contributed by atoms with Crippen molar-refractivity contribution in [1.82, 2.24) is 4.90 Å². The first-order valence-corrected chi connectivity index (χ1v) is 10.5. The number of hydrogen-bond acceptors (Lipinski definition) is 3. The molecular weight excluding hydrogens is 356 g/mol. The number of phenolic OH excluding ortho intramolecular Hbond substituents is 1. The number of benzene rings is 3. The predicted octanol–water partition coefficient (Wildman–Crippen LogP) is 5.48. The normalized spacial score (nSPS) is 22.3. The van der Waals surface area contributed by atoms with Gasteiger partial charge in [-0.25, -0.2) is 0 Å². The van der Waals surface area contributed by atoms with E-state index >= 15 is 0 Å². The second kappa shape index (κ2) is 8.71. The summed E-state index contributed by atoms with van der Waals surface area (Å²) < 4.78 is 0. The van der Waals surface area contributed by atoms with E-state index in [0.29, 0.717) is 23.8 Å². The Morgan fingerprint density at radius 3 is 2.17 bits per heavy atom. The average Bonchev–Trinajstić information content (AvgIpc) is 2.76. The van der Waals surface area contributed by atoms with Gasteiger partial charge < -0.3 is 10.0 Å². The van der Waals surface area contributed by atoms with Crippen LogP contribution in [-0.2, 0) is 6.54 Å². The molecule has 0 radical (unpaired) electrons. The third-order valence-corrected chi connectivity index (χ3v) is 6.25. The molecule has 0 saturated carbocycles. The molecule has 0 bridgehead atoms. The van der Waals surface area contributed by atoms with E-state index in [4.69, 9.17) is 0 Å². The van der Waals surface area contributed by atoms with Crippen LogP contribution < -0.4 is 4.90 Å². The van der Waals surface area contributed by atoms with Gasteiger partial charge in [0.05, 0.1) is 0 Å². The van der Waals surface area contributed by atoms with Gasteiger partial charge in [0.25, 0.3) is 0 Å². The van der Waals surface area contributed by atoms with E-state index in [1.807, 2.05) is 12.1 Å². The molecule has 29 heavy (non-hydrogen) atoms. The molecule has 1 heterocycles. The van der Waals surface area contributed by atoms with Gasteiger partial charge >= 0.3 is 0 Å². The quantitative estimate of drug-likeness (QED) is 0.629. The third kappa shape index (κ3) is 4.46. The van der Waals surface area contributed by atoms with Gasteiger partial charge in [-0.15, -0.1) is 0 Å². The molecule has 0 aromatic heterocycles. The fourth-order valence-corrected chi connectivity index (χ4v) is 4.66. The molecule has 4 rings (SSSR count). The number of rotatable bonds is 5. The molecule has 0 unspecified atom stereocenters. The van der Waals surface area contributed by atoms with Gasteiger partial charge in [0.1, 0.15) is 5.75 Å². The van der Waals surface area contributed by atoms with Crippen LogP contribution in [0.2, 0.25) is 0 Å². The third-order valence-electron chi connectivity index (χ3n) is 6.25. The molecule has 0 amide bonds. The summed E-state index contributed by atoms with van der Waals surface area (Å²) in [7, 11) is 2.23. The van der Waals surface area contributed by atoms with Gasteiger partial charge in [-0.05, 0) is 47.7 Å². The van der Waals surface area contributed by atoms with Crippen LogP contribution in [0.25, 0.3) is 0 Å². The van der Waals surface area contributed by atoms with E-state index in [2.05, 4.69) is 84.4 Å². The topological polar surface area (TPSA) is 26.7 Å². The highest BCUT2D eigenvalue weighted by atomic mass is 16.3. The van der Waals surface area contributed by atoms with Gasteiger partial charge in [-0.3, -0.25) is 4.90 Å². The standard InChI is InChI=1S/C26H30N2O/c1-20-18-28(19-21-13-15-24(29)16-14-21)26(22-9-5-3-6-10-22)17-25(20)27(2)23-11-7-4-8-12-23/h3-16,20,25-26,29H,17-19H2,1-2H3/t20-,25+,26-/m0/s1. The van der Waals surface area contributed by atoms with E-state index in [-0.39, 0.29) is 0 Å². The maximum absolute atomic E-state index is 9.62. The molecule has 1 aliphatic heterocycles. The first kappa shape index (κ1) is 19.5. The van der Waals surface area contributed by atoms with Crippen LogP contribution in [0.3, 0.4) is 0 Å². The van der Waals surface area contributed by atoms with Crippen LogP contribution in [0, 0.1) is 5.92 Å². The number of nitrogens with zero attached hydrogens (tertiary/aromatic N) is 2. The van der Waals surface area contributed by atoms with Crippen molar-refractivity contribution in [2.24, 2.45) is 5.92 Å². The minimum absolute atomic E-state index is 0.324. The van der Waals surface area contributed by atoms with Crippen molar-refractivity contribution >= 4 is 5.69 Å². The Balaban J connectivity index is 1.60. The van der Waals surface area contributed by atoms with Crippen LogP contribution in [-0.4, -0.2) is 29.6 Å². The Hall–Kier alpha value is -2.78. The van der Waals surface area contributed by atoms with Crippen molar-refractivity contribution in [3.63, 3.8) is 0 Å². The number of aromatic hydroxyl groups is 1. The summed E-state index contributed by atoms with van der Waals surface area (Å²) in [6.07, 6.45) is 1.09. The largest absolute Gasteiger partial charge is 0.508 e. The summed E-state index contributed by atoms with van der Waals surface area (Å²) in [5, 5.41) is 9.62. The molecule has 0 spiro atoms. The second-order valence-corrected chi connectivity index (χ2v) is 8.25. The number of para-hydroxylation sites is 1. The summed E-state index contributed by atoms with van der Waals surface area (Å²) in [5.41, 5.74) is 3.90. The summed E-state index contributed by atoms with van der Waals surface area (Å²) in [5.74, 6) is 0.877. The number of hydrogen-bond donors (Lipinski definition) is 1. The lowest BCUT2D eigenvalue weighted by Crippen LogP contribution is -2.50. The highest BCUT2D eigenvalue weighted by Gasteiger charge is 2.36. The monoisotopic (exact) mass is 386 g/mol. The Morgan fingerprint density at radius 1 is 0.897 bits per heavy atom. The van der Waals surface area contributed by atoms with Crippen molar-refractivity contribution in [1.29, 1.82) is 0 Å². The molecular formula is C26H30N2O. The Bertz CT molecular complexity index is 895.